The number of hydrogen-bond acceptors (Lipinski definition) is 4. The molecule has 6 nitrogen and oxygen atoms in total. The summed E-state index contributed by atoms with van der Waals surface area (Å²) in [7, 11) is 0. The van der Waals surface area contributed by atoms with E-state index in [4.69, 9.17) is 4.74 Å². The summed E-state index contributed by atoms with van der Waals surface area (Å²) >= 11 is 0. The van der Waals surface area contributed by atoms with E-state index in [0.29, 0.717) is 0 Å². The van der Waals surface area contributed by atoms with Crippen LogP contribution in [-0.4, -0.2) is 48.7 Å². The molecule has 0 aromatic heterocycles. The highest BCUT2D eigenvalue weighted by molar-refractivity contribution is 6.08. The molecule has 174 valence electrons. The van der Waals surface area contributed by atoms with Crippen LogP contribution in [-0.2, 0) is 14.9 Å². The molecule has 0 bridgehead atoms. The summed E-state index contributed by atoms with van der Waals surface area (Å²) in [6.07, 6.45) is 7.73. The molecule has 6 heteroatoms. The molecular weight excluding hydrogens is 402 g/mol. The van der Waals surface area contributed by atoms with E-state index in [1.807, 2.05) is 25.7 Å². The molecule has 0 unspecified atom stereocenters. The fraction of sp³-hybridized carbons (Fsp3) is 0.692. The Hall–Kier alpha value is -2.24. The van der Waals surface area contributed by atoms with Crippen LogP contribution in [0.3, 0.4) is 0 Å². The van der Waals surface area contributed by atoms with Gasteiger partial charge in [-0.3, -0.25) is 4.79 Å². The summed E-state index contributed by atoms with van der Waals surface area (Å²) in [6.45, 7) is 9.60. The minimum Gasteiger partial charge on any atom is -0.444 e. The lowest BCUT2D eigenvalue weighted by molar-refractivity contribution is -0.117. The van der Waals surface area contributed by atoms with Gasteiger partial charge in [-0.2, -0.15) is 0 Å². The Labute approximate surface area is 191 Å². The molecular formula is C26H37N3O3. The first-order valence-corrected chi connectivity index (χ1v) is 12.4. The van der Waals surface area contributed by atoms with Crippen LogP contribution in [0, 0.1) is 11.8 Å². The van der Waals surface area contributed by atoms with Gasteiger partial charge in [0, 0.05) is 37.6 Å². The van der Waals surface area contributed by atoms with Crippen LogP contribution < -0.4 is 10.2 Å². The summed E-state index contributed by atoms with van der Waals surface area (Å²) in [4.78, 5) is 29.0. The smallest absolute Gasteiger partial charge is 0.410 e. The van der Waals surface area contributed by atoms with E-state index in [0.717, 1.165) is 69.4 Å². The maximum Gasteiger partial charge on any atom is 0.410 e. The summed E-state index contributed by atoms with van der Waals surface area (Å²) < 4.78 is 5.53. The van der Waals surface area contributed by atoms with Gasteiger partial charge in [-0.05, 0) is 101 Å². The molecule has 2 amide bonds. The summed E-state index contributed by atoms with van der Waals surface area (Å²) in [6, 6.07) is 6.54. The summed E-state index contributed by atoms with van der Waals surface area (Å²) in [5, 5.41) is 3.06. The van der Waals surface area contributed by atoms with Crippen molar-refractivity contribution in [3.8, 4) is 0 Å². The maximum atomic E-state index is 12.3. The molecule has 1 N–H and O–H groups in total. The van der Waals surface area contributed by atoms with Gasteiger partial charge >= 0.3 is 6.09 Å². The molecule has 3 heterocycles. The first-order valence-electron chi connectivity index (χ1n) is 12.4. The summed E-state index contributed by atoms with van der Waals surface area (Å²) in [5.74, 6) is 1.69. The average Bonchev–Trinajstić information content (AvgIpc) is 3.51. The first-order chi connectivity index (χ1) is 15.2. The molecule has 1 spiro atoms. The highest BCUT2D eigenvalue weighted by atomic mass is 16.6. The van der Waals surface area contributed by atoms with Crippen molar-refractivity contribution in [2.24, 2.45) is 11.8 Å². The van der Waals surface area contributed by atoms with Crippen molar-refractivity contribution in [2.75, 3.05) is 36.4 Å². The molecule has 4 aliphatic rings. The molecule has 32 heavy (non-hydrogen) atoms. The van der Waals surface area contributed by atoms with Gasteiger partial charge < -0.3 is 19.9 Å². The Morgan fingerprint density at radius 1 is 1.06 bits per heavy atom. The molecule has 1 aromatic carbocycles. The van der Waals surface area contributed by atoms with E-state index in [2.05, 4.69) is 28.4 Å². The lowest BCUT2D eigenvalue weighted by Crippen LogP contribution is -2.42. The quantitative estimate of drug-likeness (QED) is 0.726. The summed E-state index contributed by atoms with van der Waals surface area (Å²) in [5.41, 5.74) is 2.88. The molecule has 3 fully saturated rings. The molecule has 0 atom stereocenters. The zero-order valence-corrected chi connectivity index (χ0v) is 19.8. The topological polar surface area (TPSA) is 61.9 Å². The van der Waals surface area contributed by atoms with Crippen LogP contribution in [0.1, 0.15) is 71.3 Å². The largest absolute Gasteiger partial charge is 0.444 e. The zero-order valence-electron chi connectivity index (χ0n) is 19.8. The van der Waals surface area contributed by atoms with Crippen molar-refractivity contribution in [3.63, 3.8) is 0 Å². The number of carbonyl (C=O) groups excluding carboxylic acids is 2. The van der Waals surface area contributed by atoms with Crippen molar-refractivity contribution < 1.29 is 14.3 Å². The number of piperidine rings is 2. The maximum absolute atomic E-state index is 12.3. The van der Waals surface area contributed by atoms with Gasteiger partial charge in [0.1, 0.15) is 5.60 Å². The van der Waals surface area contributed by atoms with E-state index in [9.17, 15) is 9.59 Å². The van der Waals surface area contributed by atoms with Crippen LogP contribution in [0.15, 0.2) is 18.2 Å². The molecule has 1 aliphatic carbocycles. The number of rotatable bonds is 3. The van der Waals surface area contributed by atoms with E-state index in [1.165, 1.54) is 30.5 Å². The normalized spacial score (nSPS) is 23.3. The number of nitrogens with one attached hydrogen (secondary N) is 1. The van der Waals surface area contributed by atoms with Crippen LogP contribution in [0.4, 0.5) is 16.2 Å². The second kappa shape index (κ2) is 7.96. The lowest BCUT2D eigenvalue weighted by atomic mass is 9.82. The van der Waals surface area contributed by atoms with E-state index in [-0.39, 0.29) is 17.4 Å². The number of likely N-dealkylation sites (tertiary alicyclic amines) is 1. The van der Waals surface area contributed by atoms with Gasteiger partial charge in [0.15, 0.2) is 0 Å². The minimum atomic E-state index is -0.425. The first kappa shape index (κ1) is 21.6. The van der Waals surface area contributed by atoms with E-state index < -0.39 is 5.60 Å². The third-order valence-electron chi connectivity index (χ3n) is 7.86. The van der Waals surface area contributed by atoms with Crippen molar-refractivity contribution in [1.82, 2.24) is 4.90 Å². The Morgan fingerprint density at radius 2 is 1.69 bits per heavy atom. The van der Waals surface area contributed by atoms with Gasteiger partial charge in [-0.15, -0.1) is 0 Å². The fourth-order valence-corrected chi connectivity index (χ4v) is 5.80. The molecule has 1 saturated carbocycles. The molecule has 0 radical (unpaired) electrons. The lowest BCUT2D eigenvalue weighted by Gasteiger charge is -2.38. The molecule has 5 rings (SSSR count). The van der Waals surface area contributed by atoms with E-state index in [1.54, 1.807) is 0 Å². The molecule has 3 aliphatic heterocycles. The van der Waals surface area contributed by atoms with Gasteiger partial charge in [-0.25, -0.2) is 4.79 Å². The number of amides is 2. The second-order valence-corrected chi connectivity index (χ2v) is 11.3. The highest BCUT2D eigenvalue weighted by Crippen LogP contribution is 2.55. The molecule has 1 aromatic rings. The number of nitrogens with zero attached hydrogens (tertiary/aromatic N) is 2. The Balaban J connectivity index is 1.09. The van der Waals surface area contributed by atoms with Crippen molar-refractivity contribution in [3.05, 3.63) is 23.8 Å². The van der Waals surface area contributed by atoms with Crippen molar-refractivity contribution >= 4 is 23.4 Å². The highest BCUT2D eigenvalue weighted by Gasteiger charge is 2.56. The second-order valence-electron chi connectivity index (χ2n) is 11.3. The average molecular weight is 440 g/mol. The van der Waals surface area contributed by atoms with E-state index >= 15 is 0 Å². The number of benzene rings is 1. The van der Waals surface area contributed by atoms with Gasteiger partial charge in [-0.1, -0.05) is 0 Å². The Kier molecular flexibility index (Phi) is 5.37. The SMILES string of the molecule is CC(C)(C)OC(=O)N1CCC(CC2CCN(c3ccc4c(c3)C3(CC3)C(=O)N4)CC2)CC1. The van der Waals surface area contributed by atoms with Crippen LogP contribution in [0.25, 0.3) is 0 Å². The predicted octanol–water partition coefficient (Wildman–Crippen LogP) is 4.92. The fourth-order valence-electron chi connectivity index (χ4n) is 5.80. The third kappa shape index (κ3) is 4.20. The van der Waals surface area contributed by atoms with Gasteiger partial charge in [0.05, 0.1) is 5.41 Å². The standard InChI is InChI=1S/C26H37N3O3/c1-25(2,3)32-24(31)29-14-8-19(9-15-29)16-18-6-12-28(13-7-18)20-4-5-22-21(17-20)26(10-11-26)23(30)27-22/h4-5,17-19H,6-16H2,1-3H3,(H,27,30). The Morgan fingerprint density at radius 3 is 2.28 bits per heavy atom. The number of ether oxygens (including phenoxy) is 1. The van der Waals surface area contributed by atoms with Crippen molar-refractivity contribution in [1.29, 1.82) is 0 Å². The number of carbonyl (C=O) groups is 2. The van der Waals surface area contributed by atoms with Crippen LogP contribution in [0.5, 0.6) is 0 Å². The minimum absolute atomic E-state index is 0.163. The van der Waals surface area contributed by atoms with Gasteiger partial charge in [0.2, 0.25) is 5.91 Å². The molecule has 2 saturated heterocycles. The number of hydrogen-bond donors (Lipinski definition) is 1. The predicted molar refractivity (Wildman–Crippen MR) is 126 cm³/mol. The van der Waals surface area contributed by atoms with Crippen LogP contribution in [0.2, 0.25) is 0 Å². The van der Waals surface area contributed by atoms with Crippen molar-refractivity contribution in [2.45, 2.75) is 76.7 Å². The van der Waals surface area contributed by atoms with Gasteiger partial charge in [0.25, 0.3) is 0 Å². The third-order valence-corrected chi connectivity index (χ3v) is 7.86. The Bertz CT molecular complexity index is 886. The number of fused-ring (bicyclic) bond motifs is 2. The van der Waals surface area contributed by atoms with Crippen LogP contribution >= 0.6 is 0 Å². The monoisotopic (exact) mass is 439 g/mol. The zero-order chi connectivity index (χ0) is 22.5. The number of anilines is 2.